The number of aromatic amines is 1. The number of hydrogen-bond donors (Lipinski definition) is 1. The number of carboxylic acids is 1. The number of H-pyrrole nitrogens is 1. The van der Waals surface area contributed by atoms with Gasteiger partial charge in [-0.3, -0.25) is 9.78 Å². The summed E-state index contributed by atoms with van der Waals surface area (Å²) in [6, 6.07) is 7.39. The number of carbonyl (C=O) groups is 1. The Kier molecular flexibility index (Phi) is 4.93. The Morgan fingerprint density at radius 3 is 2.79 bits per heavy atom. The van der Waals surface area contributed by atoms with Crippen LogP contribution in [0.5, 0.6) is 0 Å². The Morgan fingerprint density at radius 1 is 1.24 bits per heavy atom. The van der Waals surface area contributed by atoms with E-state index < -0.39 is 27.0 Å². The molecule has 0 aliphatic carbocycles. The predicted octanol–water partition coefficient (Wildman–Crippen LogP) is 1.20. The largest absolute Gasteiger partial charge is 0.545 e. The van der Waals surface area contributed by atoms with E-state index in [-0.39, 0.29) is 16.3 Å². The molecule has 1 aromatic carbocycles. The van der Waals surface area contributed by atoms with Gasteiger partial charge < -0.3 is 14.9 Å². The molecule has 29 heavy (non-hydrogen) atoms. The number of carbonyl (C=O) groups excluding carboxylic acids is 1. The van der Waals surface area contributed by atoms with Gasteiger partial charge in [0.05, 0.1) is 22.5 Å². The molecule has 0 amide bonds. The monoisotopic (exact) mass is 412 g/mol. The molecular weight excluding hydrogens is 394 g/mol. The van der Waals surface area contributed by atoms with E-state index in [2.05, 4.69) is 9.97 Å². The molecule has 1 aliphatic rings. The van der Waals surface area contributed by atoms with Crippen molar-refractivity contribution in [2.75, 3.05) is 6.54 Å². The zero-order valence-electron chi connectivity index (χ0n) is 15.4. The fourth-order valence-corrected chi connectivity index (χ4v) is 5.45. The van der Waals surface area contributed by atoms with Crippen LogP contribution in [-0.2, 0) is 10.0 Å². The molecule has 1 aliphatic heterocycles. The number of piperidine rings is 1. The summed E-state index contributed by atoms with van der Waals surface area (Å²) in [5.74, 6) is -1.62. The number of fused-ring (bicyclic) bond motifs is 1. The minimum atomic E-state index is -3.91. The SMILES string of the molecule is O=C([O-])c1c[nH]c2ccc(S(=O)(=O)N3CCCC[C@@H]3c3cccnc3)cc2c1=O. The number of hydrogen-bond acceptors (Lipinski definition) is 6. The Balaban J connectivity index is 1.81. The van der Waals surface area contributed by atoms with Crippen molar-refractivity contribution in [1.29, 1.82) is 0 Å². The molecule has 2 aromatic heterocycles. The Hall–Kier alpha value is -3.04. The zero-order chi connectivity index (χ0) is 20.6. The molecule has 0 bridgehead atoms. The molecule has 0 radical (unpaired) electrons. The highest BCUT2D eigenvalue weighted by Crippen LogP contribution is 2.35. The summed E-state index contributed by atoms with van der Waals surface area (Å²) in [6.07, 6.45) is 6.66. The van der Waals surface area contributed by atoms with Gasteiger partial charge in [0.15, 0.2) is 5.43 Å². The maximum Gasteiger partial charge on any atom is 0.243 e. The number of pyridine rings is 2. The molecule has 0 unspecified atom stereocenters. The Labute approximate surface area is 166 Å². The summed E-state index contributed by atoms with van der Waals surface area (Å²) in [7, 11) is -3.91. The highest BCUT2D eigenvalue weighted by Gasteiger charge is 2.34. The molecule has 1 saturated heterocycles. The lowest BCUT2D eigenvalue weighted by Gasteiger charge is -2.34. The van der Waals surface area contributed by atoms with Gasteiger partial charge in [0.2, 0.25) is 10.0 Å². The number of aromatic carboxylic acids is 1. The normalized spacial score (nSPS) is 18.0. The van der Waals surface area contributed by atoms with Crippen LogP contribution in [0.4, 0.5) is 0 Å². The van der Waals surface area contributed by atoms with E-state index in [1.165, 1.54) is 22.5 Å². The minimum Gasteiger partial charge on any atom is -0.545 e. The van der Waals surface area contributed by atoms with Crippen LogP contribution in [0.3, 0.4) is 0 Å². The summed E-state index contributed by atoms with van der Waals surface area (Å²) in [4.78, 5) is 30.3. The van der Waals surface area contributed by atoms with Crippen molar-refractivity contribution in [2.45, 2.75) is 30.2 Å². The first-order valence-electron chi connectivity index (χ1n) is 9.18. The van der Waals surface area contributed by atoms with Gasteiger partial charge in [0.25, 0.3) is 0 Å². The second-order valence-electron chi connectivity index (χ2n) is 6.94. The maximum absolute atomic E-state index is 13.4. The topological polar surface area (TPSA) is 123 Å². The molecule has 4 rings (SSSR count). The number of rotatable bonds is 4. The Morgan fingerprint density at radius 2 is 2.07 bits per heavy atom. The van der Waals surface area contributed by atoms with Gasteiger partial charge in [-0.1, -0.05) is 12.5 Å². The van der Waals surface area contributed by atoms with Gasteiger partial charge in [-0.15, -0.1) is 0 Å². The summed E-state index contributed by atoms with van der Waals surface area (Å²) in [5, 5.41) is 11.1. The number of nitrogens with one attached hydrogen (secondary N) is 1. The third kappa shape index (κ3) is 3.43. The van der Waals surface area contributed by atoms with Crippen LogP contribution in [0.1, 0.15) is 41.2 Å². The van der Waals surface area contributed by atoms with Crippen molar-refractivity contribution in [3.05, 3.63) is 70.3 Å². The number of nitrogens with zero attached hydrogens (tertiary/aromatic N) is 2. The predicted molar refractivity (Wildman–Crippen MR) is 104 cm³/mol. The average Bonchev–Trinajstić information content (AvgIpc) is 2.74. The first-order chi connectivity index (χ1) is 13.9. The molecule has 0 saturated carbocycles. The van der Waals surface area contributed by atoms with Crippen LogP contribution in [0.2, 0.25) is 0 Å². The van der Waals surface area contributed by atoms with Gasteiger partial charge in [-0.2, -0.15) is 4.31 Å². The van der Waals surface area contributed by atoms with E-state index >= 15 is 0 Å². The fourth-order valence-electron chi connectivity index (χ4n) is 3.74. The van der Waals surface area contributed by atoms with E-state index in [9.17, 15) is 23.1 Å². The highest BCUT2D eigenvalue weighted by atomic mass is 32.2. The summed E-state index contributed by atoms with van der Waals surface area (Å²) < 4.78 is 28.3. The maximum atomic E-state index is 13.4. The van der Waals surface area contributed by atoms with Crippen LogP contribution in [0.25, 0.3) is 10.9 Å². The molecule has 3 heterocycles. The zero-order valence-corrected chi connectivity index (χ0v) is 16.2. The third-order valence-electron chi connectivity index (χ3n) is 5.20. The molecule has 0 spiro atoms. The van der Waals surface area contributed by atoms with Crippen molar-refractivity contribution in [3.63, 3.8) is 0 Å². The van der Waals surface area contributed by atoms with Crippen LogP contribution in [0, 0.1) is 0 Å². The minimum absolute atomic E-state index is 0.0114. The van der Waals surface area contributed by atoms with Gasteiger partial charge in [-0.05, 0) is 42.7 Å². The van der Waals surface area contributed by atoms with E-state index in [0.717, 1.165) is 24.6 Å². The molecule has 1 atom stereocenters. The van der Waals surface area contributed by atoms with Gasteiger partial charge in [0.1, 0.15) is 0 Å². The van der Waals surface area contributed by atoms with Crippen molar-refractivity contribution >= 4 is 26.9 Å². The van der Waals surface area contributed by atoms with Crippen LogP contribution >= 0.6 is 0 Å². The second-order valence-corrected chi connectivity index (χ2v) is 8.83. The summed E-state index contributed by atoms with van der Waals surface area (Å²) in [6.45, 7) is 0.357. The quantitative estimate of drug-likeness (QED) is 0.687. The first-order valence-corrected chi connectivity index (χ1v) is 10.6. The van der Waals surface area contributed by atoms with E-state index in [4.69, 9.17) is 0 Å². The molecule has 1 N–H and O–H groups in total. The van der Waals surface area contributed by atoms with Gasteiger partial charge in [0, 0.05) is 36.0 Å². The van der Waals surface area contributed by atoms with Crippen molar-refractivity contribution < 1.29 is 18.3 Å². The Bertz CT molecular complexity index is 1240. The number of aromatic nitrogens is 2. The van der Waals surface area contributed by atoms with Crippen molar-refractivity contribution in [1.82, 2.24) is 14.3 Å². The van der Waals surface area contributed by atoms with E-state index in [0.29, 0.717) is 18.5 Å². The lowest BCUT2D eigenvalue weighted by atomic mass is 9.99. The fraction of sp³-hybridized carbons (Fsp3) is 0.250. The number of benzene rings is 1. The van der Waals surface area contributed by atoms with E-state index in [1.54, 1.807) is 18.5 Å². The first kappa shape index (κ1) is 19.3. The molecular formula is C20H18N3O5S-. The van der Waals surface area contributed by atoms with Crippen molar-refractivity contribution in [2.24, 2.45) is 0 Å². The molecule has 150 valence electrons. The molecule has 9 heteroatoms. The van der Waals surface area contributed by atoms with Gasteiger partial charge >= 0.3 is 0 Å². The number of carboxylic acid groups (broad SMARTS) is 1. The molecule has 8 nitrogen and oxygen atoms in total. The average molecular weight is 412 g/mol. The van der Waals surface area contributed by atoms with Crippen molar-refractivity contribution in [3.8, 4) is 0 Å². The van der Waals surface area contributed by atoms with Crippen LogP contribution in [0.15, 0.2) is 58.6 Å². The molecule has 3 aromatic rings. The highest BCUT2D eigenvalue weighted by molar-refractivity contribution is 7.89. The van der Waals surface area contributed by atoms with E-state index in [1.807, 2.05) is 6.07 Å². The summed E-state index contributed by atoms with van der Waals surface area (Å²) in [5.41, 5.74) is -0.161. The second kappa shape index (κ2) is 7.41. The van der Waals surface area contributed by atoms with Gasteiger partial charge in [-0.25, -0.2) is 8.42 Å². The standard InChI is InChI=1S/C20H19N3O5S/c24-19-15-10-14(6-7-17(15)22-12-16(19)20(25)26)29(27,28)23-9-2-1-5-18(23)13-4-3-8-21-11-13/h3-4,6-8,10-12,18H,1-2,5,9H2,(H,22,24)(H,25,26)/p-1/t18-/m1/s1. The summed E-state index contributed by atoms with van der Waals surface area (Å²) >= 11 is 0. The molecule has 1 fully saturated rings. The smallest absolute Gasteiger partial charge is 0.243 e. The number of sulfonamides is 1. The van der Waals surface area contributed by atoms with Crippen LogP contribution in [-0.4, -0.2) is 35.2 Å². The lowest BCUT2D eigenvalue weighted by Crippen LogP contribution is -2.38. The lowest BCUT2D eigenvalue weighted by molar-refractivity contribution is -0.255. The van der Waals surface area contributed by atoms with Crippen LogP contribution < -0.4 is 10.5 Å². The third-order valence-corrected chi connectivity index (χ3v) is 7.11.